The maximum atomic E-state index is 13.1. The van der Waals surface area contributed by atoms with Gasteiger partial charge in [0.1, 0.15) is 48.3 Å². The molecule has 608 valence electrons. The number of nitrogens with two attached hydrogens (primary N) is 1. The van der Waals surface area contributed by atoms with Crippen LogP contribution in [-0.4, -0.2) is 340 Å². The van der Waals surface area contributed by atoms with Crippen LogP contribution in [0.3, 0.4) is 0 Å². The minimum absolute atomic E-state index is 0.0127. The molecule has 6 heterocycles. The van der Waals surface area contributed by atoms with E-state index in [1.54, 1.807) is 28.5 Å². The first kappa shape index (κ1) is 90.8. The Morgan fingerprint density at radius 1 is 0.423 bits per heavy atom. The summed E-state index contributed by atoms with van der Waals surface area (Å²) in [4.78, 5) is 75.6. The van der Waals surface area contributed by atoms with Gasteiger partial charge in [-0.1, -0.05) is 13.8 Å². The largest absolute Gasteiger partial charge is 0.472 e. The fourth-order valence-electron chi connectivity index (χ4n) is 12.6. The van der Waals surface area contributed by atoms with Gasteiger partial charge in [0.15, 0.2) is 18.9 Å². The van der Waals surface area contributed by atoms with Gasteiger partial charge in [-0.3, -0.25) is 41.5 Å². The number of phosphoric ester groups is 3. The lowest BCUT2D eigenvalue weighted by Crippen LogP contribution is -2.62. The van der Waals surface area contributed by atoms with E-state index in [9.17, 15) is 93.8 Å². The van der Waals surface area contributed by atoms with Crippen LogP contribution in [0.4, 0.5) is 0 Å². The van der Waals surface area contributed by atoms with Crippen molar-refractivity contribution in [2.45, 2.75) is 233 Å². The molecule has 6 rings (SSSR count). The Labute approximate surface area is 606 Å². The highest BCUT2D eigenvalue weighted by Gasteiger charge is 2.46. The van der Waals surface area contributed by atoms with E-state index in [2.05, 4.69) is 0 Å². The molecule has 38 nitrogen and oxygen atoms in total. The number of hydrogen-bond donors (Lipinski definition) is 14. The number of aliphatic hydroxyl groups excluding tert-OH is 10. The van der Waals surface area contributed by atoms with E-state index in [1.807, 2.05) is 0 Å². The summed E-state index contributed by atoms with van der Waals surface area (Å²) in [5, 5.41) is 99.9. The van der Waals surface area contributed by atoms with Crippen LogP contribution in [0.25, 0.3) is 0 Å². The Balaban J connectivity index is 0.872. The summed E-state index contributed by atoms with van der Waals surface area (Å²) in [7, 11) is -13.7. The van der Waals surface area contributed by atoms with E-state index in [0.717, 1.165) is 0 Å². The molecule has 19 unspecified atom stereocenters. The van der Waals surface area contributed by atoms with Gasteiger partial charge >= 0.3 is 23.5 Å². The van der Waals surface area contributed by atoms with Crippen molar-refractivity contribution in [2.75, 3.05) is 138 Å². The summed E-state index contributed by atoms with van der Waals surface area (Å²) < 4.78 is 123. The number of amides is 3. The maximum absolute atomic E-state index is 13.1. The van der Waals surface area contributed by atoms with Crippen molar-refractivity contribution >= 4 is 41.2 Å². The molecule has 0 aromatic rings. The minimum Gasteiger partial charge on any atom is -0.394 e. The van der Waals surface area contributed by atoms with E-state index >= 15 is 0 Å². The zero-order valence-corrected chi connectivity index (χ0v) is 62.3. The van der Waals surface area contributed by atoms with Crippen molar-refractivity contribution in [3.05, 3.63) is 0 Å². The van der Waals surface area contributed by atoms with Gasteiger partial charge in [-0.2, -0.15) is 0 Å². The van der Waals surface area contributed by atoms with Crippen LogP contribution in [-0.2, 0) is 97.9 Å². The normalized spacial score (nSPS) is 30.9. The third-order valence-electron chi connectivity index (χ3n) is 19.1. The van der Waals surface area contributed by atoms with Crippen molar-refractivity contribution in [3.8, 4) is 0 Å². The van der Waals surface area contributed by atoms with Gasteiger partial charge in [0, 0.05) is 110 Å². The highest BCUT2D eigenvalue weighted by molar-refractivity contribution is 7.48. The van der Waals surface area contributed by atoms with Gasteiger partial charge in [0.05, 0.1) is 96.0 Å². The van der Waals surface area contributed by atoms with Crippen LogP contribution in [0.15, 0.2) is 0 Å². The number of carbonyl (C=O) groups excluding carboxylic acids is 3. The molecule has 3 amide bonds. The van der Waals surface area contributed by atoms with Gasteiger partial charge in [-0.25, -0.2) is 13.7 Å². The summed E-state index contributed by atoms with van der Waals surface area (Å²) in [6.45, 7) is 1.53. The number of nitrogens with zero attached hydrogens (tertiary/aromatic N) is 3. The lowest BCUT2D eigenvalue weighted by Gasteiger charge is -2.40. The van der Waals surface area contributed by atoms with Gasteiger partial charge in [-0.05, 0) is 96.3 Å². The Morgan fingerprint density at radius 2 is 0.731 bits per heavy atom. The van der Waals surface area contributed by atoms with E-state index in [4.69, 9.17) is 75.5 Å². The molecule has 0 saturated carbocycles. The molecule has 0 aromatic carbocycles. The van der Waals surface area contributed by atoms with Crippen LogP contribution >= 0.6 is 23.5 Å². The first-order chi connectivity index (χ1) is 49.5. The van der Waals surface area contributed by atoms with Crippen molar-refractivity contribution < 1.29 is 164 Å². The predicted octanol–water partition coefficient (Wildman–Crippen LogP) is -1.21. The SMILES string of the molecule is CC1C(OCCCCC(=O)N2CCC(OP(=O)(O)OCCCOCC(CO)(COCCCOP(=O)(O)OC3CCN(C(=O)CCCCOC4OC(CO)C(O)C(O)C4N)CC3)OCCCOP(=O)(O)OC3CCN(C(=O)CCCCOC4OC(CO)C(O)C(O)C4C)CC3)CC2)OC(CO)C(O)C1O. The standard InChI is InChI=1S/C63H117N4O34P3/c1-42-54(75)56(77)47(36-68)96-60(42)89-29-6-3-12-50(72)65-21-15-44(16-22-65)99-102(81,82)93-33-9-27-87-40-63(39-71,92-32-11-35-95-104(85,86)101-46-19-25-66(26-20-46)51(73)13-4-7-30-90-61-43(2)55(76)57(78)48(37-69)97-61)41-88-28-10-34-94-103(83,84)100-45-17-23-67(24-18-45)52(74)14-5-8-31-91-62-53(64)59(80)58(79)49(38-70)98-62/h42-49,53-62,68-71,75-80H,3-41,64H2,1-2H3,(H,81,82)(H,83,84)(H,85,86). The smallest absolute Gasteiger partial charge is 0.394 e. The molecule has 0 radical (unpaired) electrons. The minimum atomic E-state index is -4.60. The lowest BCUT2D eigenvalue weighted by molar-refractivity contribution is -0.282. The molecule has 15 N–H and O–H groups in total. The quantitative estimate of drug-likeness (QED) is 0.0251. The average molecular weight is 1570 g/mol. The van der Waals surface area contributed by atoms with Crippen molar-refractivity contribution in [1.29, 1.82) is 0 Å². The van der Waals surface area contributed by atoms with E-state index in [1.165, 1.54) is 0 Å². The molecule has 0 bridgehead atoms. The average Bonchev–Trinajstić information content (AvgIpc) is 0.834. The Bertz CT molecular complexity index is 2500. The molecular weight excluding hydrogens is 1450 g/mol. The molecule has 6 aliphatic heterocycles. The fourth-order valence-corrected chi connectivity index (χ4v) is 15.6. The van der Waals surface area contributed by atoms with E-state index in [-0.39, 0.29) is 207 Å². The van der Waals surface area contributed by atoms with E-state index in [0.29, 0.717) is 38.5 Å². The summed E-state index contributed by atoms with van der Waals surface area (Å²) in [6, 6.07) is -1.04. The zero-order chi connectivity index (χ0) is 76.0. The number of hydrogen-bond acceptors (Lipinski definition) is 32. The van der Waals surface area contributed by atoms with Crippen LogP contribution in [0.2, 0.25) is 0 Å². The van der Waals surface area contributed by atoms with E-state index < -0.39 is 165 Å². The highest BCUT2D eigenvalue weighted by atomic mass is 31.2. The number of unbranched alkanes of at least 4 members (excludes halogenated alkanes) is 3. The highest BCUT2D eigenvalue weighted by Crippen LogP contribution is 2.48. The molecule has 6 aliphatic rings. The number of likely N-dealkylation sites (tertiary alicyclic amines) is 3. The lowest BCUT2D eigenvalue weighted by atomic mass is 9.92. The Kier molecular flexibility index (Phi) is 40.2. The zero-order valence-electron chi connectivity index (χ0n) is 59.6. The molecule has 41 heteroatoms. The fraction of sp³-hybridized carbons (Fsp3) is 0.952. The molecule has 6 saturated heterocycles. The summed E-state index contributed by atoms with van der Waals surface area (Å²) >= 11 is 0. The number of ether oxygens (including phenoxy) is 9. The predicted molar refractivity (Wildman–Crippen MR) is 360 cm³/mol. The van der Waals surface area contributed by atoms with Crippen molar-refractivity contribution in [2.24, 2.45) is 17.6 Å². The second kappa shape index (κ2) is 46.1. The first-order valence-electron chi connectivity index (χ1n) is 36.2. The Hall–Kier alpha value is -2.06. The monoisotopic (exact) mass is 1570 g/mol. The van der Waals surface area contributed by atoms with Gasteiger partial charge < -0.3 is 129 Å². The number of carbonyl (C=O) groups is 3. The third kappa shape index (κ3) is 30.2. The summed E-state index contributed by atoms with van der Waals surface area (Å²) in [5.74, 6) is -1.45. The second-order valence-electron chi connectivity index (χ2n) is 27.2. The second-order valence-corrected chi connectivity index (χ2v) is 31.4. The van der Waals surface area contributed by atoms with Crippen LogP contribution < -0.4 is 5.73 Å². The molecule has 6 fully saturated rings. The molecule has 104 heavy (non-hydrogen) atoms. The topological polar surface area (TPSA) is 540 Å². The number of aliphatic hydroxyl groups is 10. The molecule has 19 atom stereocenters. The third-order valence-corrected chi connectivity index (χ3v) is 22.3. The molecular formula is C63H117N4O34P3. The first-order valence-corrected chi connectivity index (χ1v) is 40.7. The van der Waals surface area contributed by atoms with Crippen LogP contribution in [0, 0.1) is 11.8 Å². The molecule has 0 spiro atoms. The van der Waals surface area contributed by atoms with Crippen molar-refractivity contribution in [3.63, 3.8) is 0 Å². The summed E-state index contributed by atoms with van der Waals surface area (Å²) in [5.41, 5.74) is 4.35. The van der Waals surface area contributed by atoms with Crippen LogP contribution in [0.1, 0.15) is 129 Å². The summed E-state index contributed by atoms with van der Waals surface area (Å²) in [6.07, 6.45) is -10.0. The van der Waals surface area contributed by atoms with Crippen molar-refractivity contribution in [1.82, 2.24) is 14.7 Å². The molecule has 0 aliphatic carbocycles. The van der Waals surface area contributed by atoms with Gasteiger partial charge in [0.2, 0.25) is 17.7 Å². The number of piperidine rings is 3. The molecule has 0 aromatic heterocycles. The number of rotatable bonds is 48. The Morgan fingerprint density at radius 3 is 1.06 bits per heavy atom. The van der Waals surface area contributed by atoms with Crippen LogP contribution in [0.5, 0.6) is 0 Å². The van der Waals surface area contributed by atoms with Gasteiger partial charge in [-0.15, -0.1) is 0 Å². The number of phosphoric acid groups is 3. The van der Waals surface area contributed by atoms with Gasteiger partial charge in [0.25, 0.3) is 0 Å². The maximum Gasteiger partial charge on any atom is 0.472 e.